The second-order valence-corrected chi connectivity index (χ2v) is 6.88. The van der Waals surface area contributed by atoms with Crippen molar-refractivity contribution >= 4 is 34.2 Å². The summed E-state index contributed by atoms with van der Waals surface area (Å²) in [4.78, 5) is 13.0. The molecule has 0 amide bonds. The second kappa shape index (κ2) is 7.06. The molecular formula is C11H20N4O2S2. The fourth-order valence-corrected chi connectivity index (χ4v) is 3.14. The van der Waals surface area contributed by atoms with E-state index in [4.69, 9.17) is 5.11 Å². The van der Waals surface area contributed by atoms with E-state index in [1.54, 1.807) is 37.1 Å². The molecule has 0 radical (unpaired) electrons. The summed E-state index contributed by atoms with van der Waals surface area (Å²) >= 11 is 3.16. The monoisotopic (exact) mass is 304 g/mol. The van der Waals surface area contributed by atoms with Gasteiger partial charge in [-0.3, -0.25) is 4.79 Å². The number of carboxylic acid groups (broad SMARTS) is 1. The molecule has 0 spiro atoms. The van der Waals surface area contributed by atoms with Gasteiger partial charge in [0.25, 0.3) is 0 Å². The molecule has 1 aromatic rings. The standard InChI is InChI=1S/C11H20N4O2S2/c1-11(12-2,8(16)17)6-5-7-18-10-14-13-9(19-10)15(3)4/h12H,5-7H2,1-4H3,(H,16,17). The van der Waals surface area contributed by atoms with E-state index >= 15 is 0 Å². The molecule has 19 heavy (non-hydrogen) atoms. The highest BCUT2D eigenvalue weighted by Gasteiger charge is 2.30. The van der Waals surface area contributed by atoms with Gasteiger partial charge in [-0.05, 0) is 26.8 Å². The summed E-state index contributed by atoms with van der Waals surface area (Å²) in [5.41, 5.74) is -0.851. The maximum atomic E-state index is 11.1. The summed E-state index contributed by atoms with van der Waals surface area (Å²) in [7, 11) is 5.54. The van der Waals surface area contributed by atoms with Gasteiger partial charge in [0, 0.05) is 19.8 Å². The van der Waals surface area contributed by atoms with Crippen LogP contribution in [0.25, 0.3) is 0 Å². The van der Waals surface area contributed by atoms with Gasteiger partial charge in [-0.1, -0.05) is 23.1 Å². The Labute approximate surface area is 121 Å². The van der Waals surface area contributed by atoms with E-state index in [0.29, 0.717) is 6.42 Å². The minimum Gasteiger partial charge on any atom is -0.480 e. The lowest BCUT2D eigenvalue weighted by Crippen LogP contribution is -2.47. The molecule has 6 nitrogen and oxygen atoms in total. The Bertz CT molecular complexity index is 425. The maximum Gasteiger partial charge on any atom is 0.323 e. The zero-order valence-corrected chi connectivity index (χ0v) is 13.3. The highest BCUT2D eigenvalue weighted by atomic mass is 32.2. The van der Waals surface area contributed by atoms with E-state index in [0.717, 1.165) is 21.6 Å². The van der Waals surface area contributed by atoms with Gasteiger partial charge >= 0.3 is 5.97 Å². The smallest absolute Gasteiger partial charge is 0.323 e. The molecule has 0 aliphatic heterocycles. The molecule has 108 valence electrons. The number of carboxylic acids is 1. The van der Waals surface area contributed by atoms with Crippen molar-refractivity contribution in [1.82, 2.24) is 15.5 Å². The van der Waals surface area contributed by atoms with E-state index in [-0.39, 0.29) is 0 Å². The van der Waals surface area contributed by atoms with Gasteiger partial charge in [0.1, 0.15) is 5.54 Å². The van der Waals surface area contributed by atoms with E-state index in [2.05, 4.69) is 15.5 Å². The number of hydrogen-bond donors (Lipinski definition) is 2. The number of nitrogens with zero attached hydrogens (tertiary/aromatic N) is 3. The quantitative estimate of drug-likeness (QED) is 0.557. The van der Waals surface area contributed by atoms with Gasteiger partial charge in [0.2, 0.25) is 5.13 Å². The van der Waals surface area contributed by atoms with E-state index < -0.39 is 11.5 Å². The molecule has 0 aliphatic carbocycles. The van der Waals surface area contributed by atoms with Gasteiger partial charge in [-0.2, -0.15) is 0 Å². The predicted octanol–water partition coefficient (Wildman–Crippen LogP) is 1.54. The number of carbonyl (C=O) groups is 1. The molecule has 0 fully saturated rings. The van der Waals surface area contributed by atoms with Gasteiger partial charge in [-0.15, -0.1) is 10.2 Å². The Morgan fingerprint density at radius 2 is 2.21 bits per heavy atom. The average Bonchev–Trinajstić information content (AvgIpc) is 2.83. The summed E-state index contributed by atoms with van der Waals surface area (Å²) < 4.78 is 0.921. The lowest BCUT2D eigenvalue weighted by molar-refractivity contribution is -0.144. The van der Waals surface area contributed by atoms with Crippen LogP contribution in [0.1, 0.15) is 19.8 Å². The lowest BCUT2D eigenvalue weighted by atomic mass is 9.97. The molecule has 1 heterocycles. The van der Waals surface area contributed by atoms with Gasteiger partial charge in [0.15, 0.2) is 4.34 Å². The fraction of sp³-hybridized carbons (Fsp3) is 0.727. The predicted molar refractivity (Wildman–Crippen MR) is 79.3 cm³/mol. The molecule has 0 aliphatic rings. The van der Waals surface area contributed by atoms with Crippen molar-refractivity contribution in [3.63, 3.8) is 0 Å². The molecule has 0 saturated carbocycles. The van der Waals surface area contributed by atoms with Crippen LogP contribution in [0.4, 0.5) is 5.13 Å². The highest BCUT2D eigenvalue weighted by molar-refractivity contribution is 8.01. The van der Waals surface area contributed by atoms with Crippen LogP contribution in [-0.4, -0.2) is 53.7 Å². The number of thioether (sulfide) groups is 1. The Morgan fingerprint density at radius 3 is 2.68 bits per heavy atom. The topological polar surface area (TPSA) is 78.4 Å². The fourth-order valence-electron chi connectivity index (χ4n) is 1.37. The summed E-state index contributed by atoms with van der Waals surface area (Å²) in [6, 6.07) is 0. The van der Waals surface area contributed by atoms with E-state index in [9.17, 15) is 4.79 Å². The van der Waals surface area contributed by atoms with E-state index in [1.165, 1.54) is 0 Å². The molecule has 1 unspecified atom stereocenters. The van der Waals surface area contributed by atoms with Crippen LogP contribution >= 0.6 is 23.1 Å². The van der Waals surface area contributed by atoms with Crippen LogP contribution in [-0.2, 0) is 4.79 Å². The van der Waals surface area contributed by atoms with Crippen LogP contribution in [0.15, 0.2) is 4.34 Å². The van der Waals surface area contributed by atoms with Crippen LogP contribution < -0.4 is 10.2 Å². The van der Waals surface area contributed by atoms with Gasteiger partial charge in [0.05, 0.1) is 0 Å². The van der Waals surface area contributed by atoms with Crippen molar-refractivity contribution in [2.75, 3.05) is 31.8 Å². The number of likely N-dealkylation sites (N-methyl/N-ethyl adjacent to an activating group) is 1. The Morgan fingerprint density at radius 1 is 1.53 bits per heavy atom. The third-order valence-corrected chi connectivity index (χ3v) is 5.16. The summed E-state index contributed by atoms with van der Waals surface area (Å²) in [6.07, 6.45) is 1.40. The van der Waals surface area contributed by atoms with E-state index in [1.807, 2.05) is 19.0 Å². The third-order valence-electron chi connectivity index (χ3n) is 2.85. The third kappa shape index (κ3) is 4.63. The van der Waals surface area contributed by atoms with Crippen LogP contribution in [0, 0.1) is 0 Å². The zero-order chi connectivity index (χ0) is 14.5. The van der Waals surface area contributed by atoms with Crippen LogP contribution in [0.2, 0.25) is 0 Å². The molecule has 2 N–H and O–H groups in total. The number of hydrogen-bond acceptors (Lipinski definition) is 7. The van der Waals surface area contributed by atoms with Crippen molar-refractivity contribution in [3.8, 4) is 0 Å². The number of rotatable bonds is 8. The Kier molecular flexibility index (Phi) is 6.02. The van der Waals surface area contributed by atoms with Gasteiger partial charge in [-0.25, -0.2) is 0 Å². The first kappa shape index (κ1) is 16.2. The van der Waals surface area contributed by atoms with Crippen molar-refractivity contribution in [1.29, 1.82) is 0 Å². The summed E-state index contributed by atoms with van der Waals surface area (Å²) in [6.45, 7) is 1.70. The van der Waals surface area contributed by atoms with Crippen molar-refractivity contribution in [2.45, 2.75) is 29.6 Å². The lowest BCUT2D eigenvalue weighted by Gasteiger charge is -2.23. The Hall–Kier alpha value is -0.860. The molecule has 1 aromatic heterocycles. The van der Waals surface area contributed by atoms with Gasteiger partial charge < -0.3 is 15.3 Å². The molecule has 1 rings (SSSR count). The first-order valence-electron chi connectivity index (χ1n) is 5.95. The number of aromatic nitrogens is 2. The number of nitrogens with one attached hydrogen (secondary N) is 1. The molecule has 0 saturated heterocycles. The van der Waals surface area contributed by atoms with Crippen molar-refractivity contribution < 1.29 is 9.90 Å². The molecule has 0 bridgehead atoms. The molecule has 8 heteroatoms. The van der Waals surface area contributed by atoms with Crippen LogP contribution in [0.3, 0.4) is 0 Å². The minimum absolute atomic E-state index is 0.588. The second-order valence-electron chi connectivity index (χ2n) is 4.58. The zero-order valence-electron chi connectivity index (χ0n) is 11.6. The maximum absolute atomic E-state index is 11.1. The first-order valence-corrected chi connectivity index (χ1v) is 7.75. The molecule has 1 atom stereocenters. The first-order chi connectivity index (χ1) is 8.89. The van der Waals surface area contributed by atoms with Crippen molar-refractivity contribution in [2.24, 2.45) is 0 Å². The Balaban J connectivity index is 2.36. The molecule has 0 aromatic carbocycles. The SMILES string of the molecule is CNC(C)(CCCSc1nnc(N(C)C)s1)C(=O)O. The average molecular weight is 304 g/mol. The number of anilines is 1. The van der Waals surface area contributed by atoms with Crippen LogP contribution in [0.5, 0.6) is 0 Å². The summed E-state index contributed by atoms with van der Waals surface area (Å²) in [5, 5.41) is 21.0. The highest BCUT2D eigenvalue weighted by Crippen LogP contribution is 2.28. The number of aliphatic carboxylic acids is 1. The summed E-state index contributed by atoms with van der Waals surface area (Å²) in [5.74, 6) is 0.0258. The minimum atomic E-state index is -0.851. The largest absolute Gasteiger partial charge is 0.480 e. The normalized spacial score (nSPS) is 14.1. The van der Waals surface area contributed by atoms with Crippen molar-refractivity contribution in [3.05, 3.63) is 0 Å². The molecular weight excluding hydrogens is 284 g/mol.